The number of hydrogen-bond acceptors (Lipinski definition) is 5. The van der Waals surface area contributed by atoms with Gasteiger partial charge in [-0.25, -0.2) is 4.79 Å². The molecule has 0 radical (unpaired) electrons. The van der Waals surface area contributed by atoms with Gasteiger partial charge in [-0.1, -0.05) is 51.1 Å². The molecule has 192 valence electrons. The quantitative estimate of drug-likeness (QED) is 0.436. The highest BCUT2D eigenvalue weighted by atomic mass is 16.4. The Balaban J connectivity index is 2.69. The van der Waals surface area contributed by atoms with Gasteiger partial charge in [0, 0.05) is 11.5 Å². The minimum Gasteiger partial charge on any atom is -0.480 e. The van der Waals surface area contributed by atoms with Gasteiger partial charge in [0.05, 0.1) is 6.07 Å². The highest BCUT2D eigenvalue weighted by molar-refractivity contribution is 6.02. The van der Waals surface area contributed by atoms with Crippen LogP contribution in [0.5, 0.6) is 0 Å². The maximum absolute atomic E-state index is 13.9. The fourth-order valence-corrected chi connectivity index (χ4v) is 3.97. The molecule has 3 amide bonds. The van der Waals surface area contributed by atoms with E-state index in [1.54, 1.807) is 18.2 Å². The van der Waals surface area contributed by atoms with Gasteiger partial charge in [-0.05, 0) is 55.5 Å². The van der Waals surface area contributed by atoms with E-state index in [1.807, 2.05) is 44.2 Å². The van der Waals surface area contributed by atoms with Crippen LogP contribution in [-0.2, 0) is 14.4 Å². The molecule has 0 aliphatic heterocycles. The number of amides is 3. The van der Waals surface area contributed by atoms with E-state index < -0.39 is 47.2 Å². The molecule has 2 aromatic rings. The van der Waals surface area contributed by atoms with Crippen molar-refractivity contribution in [1.29, 1.82) is 5.26 Å². The normalized spacial score (nSPS) is 13.9. The number of nitrogens with one attached hydrogen (secondary N) is 1. The van der Waals surface area contributed by atoms with Crippen molar-refractivity contribution in [3.8, 4) is 6.07 Å². The molecule has 0 aliphatic carbocycles. The third-order valence-electron chi connectivity index (χ3n) is 5.96. The first-order chi connectivity index (χ1) is 16.8. The molecule has 2 unspecified atom stereocenters. The summed E-state index contributed by atoms with van der Waals surface area (Å²) in [6.07, 6.45) is -0.130. The number of benzene rings is 2. The topological polar surface area (TPSA) is 154 Å². The summed E-state index contributed by atoms with van der Waals surface area (Å²) in [5, 5.41) is 23.8. The average molecular weight is 495 g/mol. The Morgan fingerprint density at radius 2 is 1.64 bits per heavy atom. The summed E-state index contributed by atoms with van der Waals surface area (Å²) in [4.78, 5) is 52.8. The standard InChI is InChI=1S/C27H34N4O5/c1-16(2)12-22(26(35)36)31(25(34)20-11-10-18-8-6-7-9-19(18)14-20)21(13-17(3)23(29)32)24(33)30-27(4,5)15-28/h6-11,14,16-17,21-22H,12-13H2,1-5H3,(H2,29,32)(H,30,33)(H,35,36)/t17?,21?,22-/m0/s1. The highest BCUT2D eigenvalue weighted by Gasteiger charge is 2.41. The summed E-state index contributed by atoms with van der Waals surface area (Å²) in [5.41, 5.74) is 4.37. The second kappa shape index (κ2) is 11.7. The molecule has 0 aliphatic rings. The Morgan fingerprint density at radius 1 is 1.03 bits per heavy atom. The molecule has 3 atom stereocenters. The van der Waals surface area contributed by atoms with Gasteiger partial charge in [0.2, 0.25) is 11.8 Å². The van der Waals surface area contributed by atoms with Gasteiger partial charge in [0.15, 0.2) is 0 Å². The fourth-order valence-electron chi connectivity index (χ4n) is 3.97. The van der Waals surface area contributed by atoms with E-state index in [2.05, 4.69) is 5.32 Å². The van der Waals surface area contributed by atoms with Crippen molar-refractivity contribution in [2.75, 3.05) is 0 Å². The molecule has 0 spiro atoms. The molecule has 0 bridgehead atoms. The van der Waals surface area contributed by atoms with E-state index in [0.29, 0.717) is 0 Å². The van der Waals surface area contributed by atoms with Crippen molar-refractivity contribution in [3.63, 3.8) is 0 Å². The van der Waals surface area contributed by atoms with E-state index in [1.165, 1.54) is 20.8 Å². The number of aliphatic carboxylic acids is 1. The molecule has 2 aromatic carbocycles. The number of carboxylic acids is 1. The van der Waals surface area contributed by atoms with Gasteiger partial charge >= 0.3 is 5.97 Å². The van der Waals surface area contributed by atoms with Crippen molar-refractivity contribution < 1.29 is 24.3 Å². The van der Waals surface area contributed by atoms with Crippen molar-refractivity contribution in [1.82, 2.24) is 10.2 Å². The third kappa shape index (κ3) is 7.04. The van der Waals surface area contributed by atoms with Crippen LogP contribution in [0.1, 0.15) is 57.8 Å². The third-order valence-corrected chi connectivity index (χ3v) is 5.96. The lowest BCUT2D eigenvalue weighted by atomic mass is 9.93. The second-order valence-electron chi connectivity index (χ2n) is 10.0. The molecule has 0 aromatic heterocycles. The number of fused-ring (bicyclic) bond motifs is 1. The monoisotopic (exact) mass is 494 g/mol. The number of nitrogens with zero attached hydrogens (tertiary/aromatic N) is 2. The summed E-state index contributed by atoms with van der Waals surface area (Å²) in [7, 11) is 0. The molecular formula is C27H34N4O5. The minimum atomic E-state index is -1.36. The number of rotatable bonds is 11. The average Bonchev–Trinajstić information content (AvgIpc) is 2.81. The highest BCUT2D eigenvalue weighted by Crippen LogP contribution is 2.25. The largest absolute Gasteiger partial charge is 0.480 e. The maximum Gasteiger partial charge on any atom is 0.326 e. The lowest BCUT2D eigenvalue weighted by molar-refractivity contribution is -0.145. The zero-order chi connectivity index (χ0) is 27.2. The summed E-state index contributed by atoms with van der Waals surface area (Å²) >= 11 is 0. The first-order valence-electron chi connectivity index (χ1n) is 11.8. The number of carboxylic acid groups (broad SMARTS) is 1. The second-order valence-corrected chi connectivity index (χ2v) is 10.0. The molecule has 2 rings (SSSR count). The number of nitrogens with two attached hydrogens (primary N) is 1. The van der Waals surface area contributed by atoms with Crippen molar-refractivity contribution in [2.45, 2.75) is 65.1 Å². The van der Waals surface area contributed by atoms with Crippen molar-refractivity contribution in [2.24, 2.45) is 17.6 Å². The minimum absolute atomic E-state index is 0.0744. The van der Waals surface area contributed by atoms with E-state index in [-0.39, 0.29) is 24.3 Å². The van der Waals surface area contributed by atoms with E-state index in [4.69, 9.17) is 5.73 Å². The predicted octanol–water partition coefficient (Wildman–Crippen LogP) is 3.08. The Kier molecular flexibility index (Phi) is 9.17. The number of primary amides is 1. The molecule has 36 heavy (non-hydrogen) atoms. The summed E-state index contributed by atoms with van der Waals surface area (Å²) in [6, 6.07) is 11.6. The number of carbonyl (C=O) groups excluding carboxylic acids is 3. The summed E-state index contributed by atoms with van der Waals surface area (Å²) in [6.45, 7) is 8.10. The fraction of sp³-hybridized carbons (Fsp3) is 0.444. The van der Waals surface area contributed by atoms with Crippen LogP contribution in [0, 0.1) is 23.2 Å². The van der Waals surface area contributed by atoms with E-state index >= 15 is 0 Å². The van der Waals surface area contributed by atoms with Crippen molar-refractivity contribution >= 4 is 34.5 Å². The lowest BCUT2D eigenvalue weighted by Crippen LogP contribution is -2.59. The van der Waals surface area contributed by atoms with Crippen LogP contribution < -0.4 is 11.1 Å². The number of hydrogen-bond donors (Lipinski definition) is 3. The smallest absolute Gasteiger partial charge is 0.326 e. The zero-order valence-electron chi connectivity index (χ0n) is 21.3. The maximum atomic E-state index is 13.9. The van der Waals surface area contributed by atoms with Crippen LogP contribution in [0.2, 0.25) is 0 Å². The van der Waals surface area contributed by atoms with Gasteiger partial charge < -0.3 is 21.1 Å². The van der Waals surface area contributed by atoms with Crippen LogP contribution in [-0.4, -0.2) is 51.3 Å². The molecule has 9 nitrogen and oxygen atoms in total. The van der Waals surface area contributed by atoms with Crippen LogP contribution in [0.3, 0.4) is 0 Å². The molecule has 9 heteroatoms. The van der Waals surface area contributed by atoms with E-state index in [9.17, 15) is 29.5 Å². The Hall–Kier alpha value is -3.93. The number of carbonyl (C=O) groups is 4. The van der Waals surface area contributed by atoms with Crippen molar-refractivity contribution in [3.05, 3.63) is 48.0 Å². The van der Waals surface area contributed by atoms with Gasteiger partial charge in [-0.3, -0.25) is 14.4 Å². The van der Waals surface area contributed by atoms with Crippen LogP contribution in [0.25, 0.3) is 10.8 Å². The molecular weight excluding hydrogens is 460 g/mol. The molecule has 0 saturated heterocycles. The SMILES string of the molecule is CC(C)C[C@@H](C(=O)O)N(C(=O)c1ccc2ccccc2c1)C(CC(C)C(N)=O)C(=O)NC(C)(C)C#N. The summed E-state index contributed by atoms with van der Waals surface area (Å²) < 4.78 is 0. The Labute approximate surface area is 211 Å². The van der Waals surface area contributed by atoms with Gasteiger partial charge in [-0.2, -0.15) is 5.26 Å². The summed E-state index contributed by atoms with van der Waals surface area (Å²) in [5.74, 6) is -4.33. The predicted molar refractivity (Wildman–Crippen MR) is 136 cm³/mol. The van der Waals surface area contributed by atoms with Gasteiger partial charge in [-0.15, -0.1) is 0 Å². The molecule has 4 N–H and O–H groups in total. The van der Waals surface area contributed by atoms with Crippen LogP contribution in [0.15, 0.2) is 42.5 Å². The number of nitriles is 1. The Morgan fingerprint density at radius 3 is 2.17 bits per heavy atom. The van der Waals surface area contributed by atoms with E-state index in [0.717, 1.165) is 15.7 Å². The first-order valence-corrected chi connectivity index (χ1v) is 11.8. The van der Waals surface area contributed by atoms with Gasteiger partial charge in [0.1, 0.15) is 17.6 Å². The van der Waals surface area contributed by atoms with Gasteiger partial charge in [0.25, 0.3) is 5.91 Å². The molecule has 0 heterocycles. The lowest BCUT2D eigenvalue weighted by Gasteiger charge is -2.38. The Bertz CT molecular complexity index is 1180. The first kappa shape index (κ1) is 28.3. The van der Waals surface area contributed by atoms with Crippen LogP contribution >= 0.6 is 0 Å². The zero-order valence-corrected chi connectivity index (χ0v) is 21.3. The van der Waals surface area contributed by atoms with Crippen LogP contribution in [0.4, 0.5) is 0 Å². The molecule has 0 fully saturated rings. The molecule has 0 saturated carbocycles.